The number of hydrogen-bond donors (Lipinski definition) is 2. The number of carbonyl (C=O) groups is 2. The summed E-state index contributed by atoms with van der Waals surface area (Å²) in [5, 5.41) is 0. The first kappa shape index (κ1) is 12.2. The predicted octanol–water partition coefficient (Wildman–Crippen LogP) is -0.471. The van der Waals surface area contributed by atoms with Crippen LogP contribution in [0.4, 0.5) is 9.18 Å². The molecule has 0 spiro atoms. The number of amidine groups is 1. The van der Waals surface area contributed by atoms with E-state index in [1.165, 1.54) is 7.11 Å². The maximum absolute atomic E-state index is 13.3. The van der Waals surface area contributed by atoms with E-state index in [2.05, 4.69) is 19.9 Å². The van der Waals surface area contributed by atoms with E-state index in [9.17, 15) is 14.0 Å². The zero-order valence-corrected chi connectivity index (χ0v) is 8.82. The van der Waals surface area contributed by atoms with Gasteiger partial charge in [0.25, 0.3) is 0 Å². The number of aliphatic imine (C=N–C) groups is 1. The van der Waals surface area contributed by atoms with Crippen LogP contribution in [-0.2, 0) is 14.3 Å². The van der Waals surface area contributed by atoms with E-state index in [1.807, 2.05) is 5.43 Å². The summed E-state index contributed by atoms with van der Waals surface area (Å²) in [5.74, 6) is -0.738. The van der Waals surface area contributed by atoms with Crippen molar-refractivity contribution in [2.75, 3.05) is 14.2 Å². The molecule has 0 bridgehead atoms. The molecule has 1 amide bonds. The highest BCUT2D eigenvalue weighted by atomic mass is 19.1. The fraction of sp³-hybridized carbons (Fsp3) is 0.625. The van der Waals surface area contributed by atoms with Crippen LogP contribution in [0.5, 0.6) is 0 Å². The maximum atomic E-state index is 13.3. The monoisotopic (exact) mass is 233 g/mol. The normalized spacial score (nSPS) is 23.3. The number of nitrogens with one attached hydrogen (secondary N) is 2. The van der Waals surface area contributed by atoms with E-state index in [0.29, 0.717) is 0 Å². The number of rotatable bonds is 1. The Balaban J connectivity index is 2.52. The van der Waals surface area contributed by atoms with Crippen molar-refractivity contribution >= 4 is 17.9 Å². The lowest BCUT2D eigenvalue weighted by Crippen LogP contribution is -2.44. The number of nitrogens with zero attached hydrogens (tertiary/aromatic N) is 1. The van der Waals surface area contributed by atoms with Crippen molar-refractivity contribution in [3.05, 3.63) is 0 Å². The Morgan fingerprint density at radius 3 is 2.69 bits per heavy atom. The van der Waals surface area contributed by atoms with E-state index in [1.54, 1.807) is 0 Å². The molecular weight excluding hydrogens is 221 g/mol. The van der Waals surface area contributed by atoms with Gasteiger partial charge in [0.1, 0.15) is 0 Å². The minimum atomic E-state index is -1.44. The summed E-state index contributed by atoms with van der Waals surface area (Å²) in [6.07, 6.45) is -2.32. The Kier molecular flexibility index (Phi) is 4.03. The quantitative estimate of drug-likeness (QED) is 0.472. The Bertz CT molecular complexity index is 320. The maximum Gasteiger partial charge on any atom is 0.425 e. The van der Waals surface area contributed by atoms with Gasteiger partial charge in [-0.2, -0.15) is 0 Å². The lowest BCUT2D eigenvalue weighted by molar-refractivity contribution is -0.142. The van der Waals surface area contributed by atoms with Gasteiger partial charge in [-0.1, -0.05) is 0 Å². The fourth-order valence-electron chi connectivity index (χ4n) is 1.17. The summed E-state index contributed by atoms with van der Waals surface area (Å²) in [7, 11) is 2.36. The van der Waals surface area contributed by atoms with Gasteiger partial charge in [-0.05, 0) is 0 Å². The van der Waals surface area contributed by atoms with Gasteiger partial charge in [-0.15, -0.1) is 0 Å². The molecule has 0 saturated heterocycles. The molecule has 1 heterocycles. The van der Waals surface area contributed by atoms with Crippen LogP contribution in [0.3, 0.4) is 0 Å². The Morgan fingerprint density at radius 1 is 1.44 bits per heavy atom. The van der Waals surface area contributed by atoms with Crippen molar-refractivity contribution in [1.82, 2.24) is 10.9 Å². The second-order valence-corrected chi connectivity index (χ2v) is 3.00. The number of amides is 1. The molecule has 2 unspecified atom stereocenters. The second-order valence-electron chi connectivity index (χ2n) is 3.00. The highest BCUT2D eigenvalue weighted by Crippen LogP contribution is 2.16. The summed E-state index contributed by atoms with van der Waals surface area (Å²) in [6, 6.07) is -0.873. The van der Waals surface area contributed by atoms with Crippen LogP contribution < -0.4 is 10.9 Å². The van der Waals surface area contributed by atoms with Crippen LogP contribution >= 0.6 is 0 Å². The van der Waals surface area contributed by atoms with Crippen LogP contribution in [0.2, 0.25) is 0 Å². The minimum absolute atomic E-state index is 0.0993. The first-order valence-corrected chi connectivity index (χ1v) is 4.48. The average molecular weight is 233 g/mol. The van der Waals surface area contributed by atoms with Gasteiger partial charge < -0.3 is 9.47 Å². The number of hydrazine groups is 1. The van der Waals surface area contributed by atoms with E-state index >= 15 is 0 Å². The van der Waals surface area contributed by atoms with Gasteiger partial charge in [0.2, 0.25) is 0 Å². The molecular formula is C8H12FN3O4. The number of halogens is 1. The van der Waals surface area contributed by atoms with E-state index in [-0.39, 0.29) is 12.3 Å². The van der Waals surface area contributed by atoms with Gasteiger partial charge in [0, 0.05) is 6.42 Å². The van der Waals surface area contributed by atoms with Crippen molar-refractivity contribution in [2.24, 2.45) is 4.99 Å². The third kappa shape index (κ3) is 2.81. The number of methoxy groups -OCH3 is 2. The van der Waals surface area contributed by atoms with Gasteiger partial charge >= 0.3 is 12.1 Å². The third-order valence-electron chi connectivity index (χ3n) is 1.97. The first-order chi connectivity index (χ1) is 7.58. The second kappa shape index (κ2) is 5.29. The molecule has 1 rings (SSSR count). The van der Waals surface area contributed by atoms with Crippen molar-refractivity contribution in [2.45, 2.75) is 18.6 Å². The first-order valence-electron chi connectivity index (χ1n) is 4.48. The van der Waals surface area contributed by atoms with Crippen LogP contribution in [0, 0.1) is 0 Å². The zero-order chi connectivity index (χ0) is 12.1. The van der Waals surface area contributed by atoms with Crippen LogP contribution in [0.25, 0.3) is 0 Å². The molecule has 7 nitrogen and oxygen atoms in total. The fourth-order valence-corrected chi connectivity index (χ4v) is 1.17. The van der Waals surface area contributed by atoms with Crippen LogP contribution in [0.1, 0.15) is 6.42 Å². The summed E-state index contributed by atoms with van der Waals surface area (Å²) in [6.45, 7) is 0. The summed E-state index contributed by atoms with van der Waals surface area (Å²) >= 11 is 0. The van der Waals surface area contributed by atoms with Gasteiger partial charge in [0.15, 0.2) is 18.0 Å². The van der Waals surface area contributed by atoms with E-state index < -0.39 is 24.3 Å². The molecule has 0 radical (unpaired) electrons. The molecule has 2 atom stereocenters. The lowest BCUT2D eigenvalue weighted by Gasteiger charge is -2.07. The molecule has 16 heavy (non-hydrogen) atoms. The van der Waals surface area contributed by atoms with Gasteiger partial charge in [0.05, 0.1) is 14.2 Å². The molecule has 0 fully saturated rings. The zero-order valence-electron chi connectivity index (χ0n) is 8.82. The average Bonchev–Trinajstić information content (AvgIpc) is 2.66. The molecule has 8 heteroatoms. The molecule has 0 saturated carbocycles. The van der Waals surface area contributed by atoms with E-state index in [4.69, 9.17) is 0 Å². The van der Waals surface area contributed by atoms with Crippen molar-refractivity contribution < 1.29 is 23.5 Å². The molecule has 0 aromatic rings. The van der Waals surface area contributed by atoms with Crippen molar-refractivity contribution in [1.29, 1.82) is 0 Å². The molecule has 1 aliphatic heterocycles. The minimum Gasteiger partial charge on any atom is -0.467 e. The van der Waals surface area contributed by atoms with Gasteiger partial charge in [-0.3, -0.25) is 10.4 Å². The molecule has 1 aliphatic rings. The van der Waals surface area contributed by atoms with Crippen molar-refractivity contribution in [3.63, 3.8) is 0 Å². The molecule has 0 aromatic carbocycles. The van der Waals surface area contributed by atoms with Crippen molar-refractivity contribution in [3.8, 4) is 0 Å². The molecule has 0 aliphatic carbocycles. The van der Waals surface area contributed by atoms with Gasteiger partial charge in [-0.25, -0.2) is 19.4 Å². The highest BCUT2D eigenvalue weighted by molar-refractivity contribution is 5.93. The largest absolute Gasteiger partial charge is 0.467 e. The van der Waals surface area contributed by atoms with Crippen LogP contribution in [0.15, 0.2) is 4.99 Å². The smallest absolute Gasteiger partial charge is 0.425 e. The SMILES string of the molecule is COC(=O)NNC1=NC(C(=O)OC)CC1F. The summed E-state index contributed by atoms with van der Waals surface area (Å²) in [5.41, 5.74) is 4.28. The summed E-state index contributed by atoms with van der Waals surface area (Å²) < 4.78 is 22.0. The number of hydrogen-bond acceptors (Lipinski definition) is 6. The Labute approximate surface area is 91.0 Å². The number of alkyl halides is 1. The molecule has 2 N–H and O–H groups in total. The Morgan fingerprint density at radius 2 is 2.12 bits per heavy atom. The predicted molar refractivity (Wildman–Crippen MR) is 51.4 cm³/mol. The molecule has 90 valence electrons. The lowest BCUT2D eigenvalue weighted by atomic mass is 10.2. The number of ether oxygens (including phenoxy) is 2. The molecule has 0 aromatic heterocycles. The topological polar surface area (TPSA) is 89.0 Å². The number of carbonyl (C=O) groups excluding carboxylic acids is 2. The standard InChI is InChI=1S/C8H12FN3O4/c1-15-7(13)5-3-4(9)6(10-5)11-12-8(14)16-2/h4-5H,3H2,1-2H3,(H,10,11)(H,12,14). The van der Waals surface area contributed by atoms with Crippen LogP contribution in [-0.4, -0.2) is 44.3 Å². The Hall–Kier alpha value is -1.86. The highest BCUT2D eigenvalue weighted by Gasteiger charge is 2.33. The third-order valence-corrected chi connectivity index (χ3v) is 1.97. The van der Waals surface area contributed by atoms with E-state index in [0.717, 1.165) is 7.11 Å². The summed E-state index contributed by atoms with van der Waals surface area (Å²) in [4.78, 5) is 25.5. The number of esters is 1.